The van der Waals surface area contributed by atoms with E-state index in [1.165, 1.54) is 4.88 Å². The average molecular weight is 486 g/mol. The highest BCUT2D eigenvalue weighted by Gasteiger charge is 2.15. The van der Waals surface area contributed by atoms with Crippen LogP contribution >= 0.6 is 22.7 Å². The molecular weight excluding hydrogens is 462 g/mol. The second-order valence-corrected chi connectivity index (χ2v) is 11.3. The molecule has 6 nitrogen and oxygen atoms in total. The predicted molar refractivity (Wildman–Crippen MR) is 131 cm³/mol. The van der Waals surface area contributed by atoms with Crippen LogP contribution in [0.2, 0.25) is 0 Å². The van der Waals surface area contributed by atoms with E-state index in [0.29, 0.717) is 6.54 Å². The van der Waals surface area contributed by atoms with Crippen LogP contribution in [0.3, 0.4) is 0 Å². The van der Waals surface area contributed by atoms with Crippen LogP contribution in [0.1, 0.15) is 16.3 Å². The van der Waals surface area contributed by atoms with Crippen LogP contribution < -0.4 is 10.0 Å². The summed E-state index contributed by atoms with van der Waals surface area (Å²) in [4.78, 5) is 19.1. The van der Waals surface area contributed by atoms with E-state index in [9.17, 15) is 13.2 Å². The Kier molecular flexibility index (Phi) is 7.00. The number of nitrogens with zero attached hydrogens (tertiary/aromatic N) is 1. The first kappa shape index (κ1) is 22.6. The molecule has 0 bridgehead atoms. The Hall–Kier alpha value is -2.59. The molecule has 166 valence electrons. The third kappa shape index (κ3) is 5.60. The summed E-state index contributed by atoms with van der Waals surface area (Å²) in [7, 11) is -3.67. The van der Waals surface area contributed by atoms with Crippen LogP contribution in [-0.2, 0) is 21.2 Å². The van der Waals surface area contributed by atoms with E-state index in [0.717, 1.165) is 32.8 Å². The lowest BCUT2D eigenvalue weighted by molar-refractivity contribution is -0.120. The van der Waals surface area contributed by atoms with Crippen molar-refractivity contribution in [2.45, 2.75) is 24.7 Å². The van der Waals surface area contributed by atoms with Gasteiger partial charge in [-0.2, -0.15) is 0 Å². The molecule has 0 saturated heterocycles. The van der Waals surface area contributed by atoms with Gasteiger partial charge in [0, 0.05) is 29.8 Å². The Morgan fingerprint density at radius 3 is 2.62 bits per heavy atom. The van der Waals surface area contributed by atoms with Gasteiger partial charge >= 0.3 is 0 Å². The highest BCUT2D eigenvalue weighted by molar-refractivity contribution is 7.89. The summed E-state index contributed by atoms with van der Waals surface area (Å²) in [6.45, 7) is 2.54. The summed E-state index contributed by atoms with van der Waals surface area (Å²) in [6.07, 6.45) is 0.808. The minimum Gasteiger partial charge on any atom is -0.356 e. The molecule has 9 heteroatoms. The van der Waals surface area contributed by atoms with Gasteiger partial charge in [-0.1, -0.05) is 30.3 Å². The van der Waals surface area contributed by atoms with Crippen LogP contribution in [0.4, 0.5) is 0 Å². The second-order valence-electron chi connectivity index (χ2n) is 7.27. The number of fused-ring (bicyclic) bond motifs is 1. The molecule has 0 atom stereocenters. The Bertz CT molecular complexity index is 1340. The molecule has 0 saturated carbocycles. The maximum absolute atomic E-state index is 12.5. The number of nitrogens with one attached hydrogen (secondary N) is 2. The first-order valence-corrected chi connectivity index (χ1v) is 13.3. The molecule has 1 amide bonds. The van der Waals surface area contributed by atoms with Gasteiger partial charge in [-0.3, -0.25) is 4.79 Å². The lowest BCUT2D eigenvalue weighted by Gasteiger charge is -2.08. The van der Waals surface area contributed by atoms with Crippen molar-refractivity contribution in [3.8, 4) is 10.6 Å². The largest absolute Gasteiger partial charge is 0.356 e. The van der Waals surface area contributed by atoms with Gasteiger partial charge in [0.1, 0.15) is 0 Å². The first-order valence-electron chi connectivity index (χ1n) is 10.2. The number of aryl methyl sites for hydroxylation is 1. The number of carbonyl (C=O) groups is 1. The highest BCUT2D eigenvalue weighted by Crippen LogP contribution is 2.29. The molecule has 0 spiro atoms. The number of hydrogen-bond donors (Lipinski definition) is 2. The fraction of sp³-hybridized carbons (Fsp3) is 0.217. The summed E-state index contributed by atoms with van der Waals surface area (Å²) in [5.41, 5.74) is 0.992. The lowest BCUT2D eigenvalue weighted by atomic mass is 10.1. The van der Waals surface area contributed by atoms with Crippen molar-refractivity contribution >= 4 is 49.4 Å². The average Bonchev–Trinajstić information content (AvgIpc) is 3.42. The summed E-state index contributed by atoms with van der Waals surface area (Å²) >= 11 is 3.30. The van der Waals surface area contributed by atoms with Crippen molar-refractivity contribution in [1.82, 2.24) is 15.0 Å². The molecule has 0 aliphatic carbocycles. The van der Waals surface area contributed by atoms with Crippen molar-refractivity contribution in [1.29, 1.82) is 0 Å². The topological polar surface area (TPSA) is 88.2 Å². The number of rotatable bonds is 9. The zero-order valence-corrected chi connectivity index (χ0v) is 19.9. The van der Waals surface area contributed by atoms with E-state index in [-0.39, 0.29) is 23.8 Å². The van der Waals surface area contributed by atoms with Gasteiger partial charge in [-0.05, 0) is 48.4 Å². The Balaban J connectivity index is 1.22. The van der Waals surface area contributed by atoms with Gasteiger partial charge in [0.25, 0.3) is 0 Å². The quantitative estimate of drug-likeness (QED) is 0.369. The van der Waals surface area contributed by atoms with Crippen molar-refractivity contribution < 1.29 is 13.2 Å². The Labute approximate surface area is 195 Å². The van der Waals surface area contributed by atoms with E-state index in [1.807, 2.05) is 36.6 Å². The SMILES string of the molecule is Cc1nc(-c2ccc(CCNC(=O)CCNS(=O)(=O)c3ccc4ccccc4c3)s2)cs1. The van der Waals surface area contributed by atoms with Gasteiger partial charge in [0.2, 0.25) is 15.9 Å². The van der Waals surface area contributed by atoms with Crippen LogP contribution in [-0.4, -0.2) is 32.4 Å². The molecule has 0 aliphatic rings. The molecule has 2 aromatic heterocycles. The highest BCUT2D eigenvalue weighted by atomic mass is 32.2. The molecule has 2 aromatic carbocycles. The van der Waals surface area contributed by atoms with Gasteiger partial charge in [0.15, 0.2) is 0 Å². The summed E-state index contributed by atoms with van der Waals surface area (Å²) in [6, 6.07) is 16.7. The number of sulfonamides is 1. The van der Waals surface area contributed by atoms with E-state index in [2.05, 4.69) is 27.2 Å². The summed E-state index contributed by atoms with van der Waals surface area (Å²) in [5, 5.41) is 7.77. The molecule has 2 heterocycles. The van der Waals surface area contributed by atoms with Crippen LogP contribution in [0.25, 0.3) is 21.3 Å². The smallest absolute Gasteiger partial charge is 0.240 e. The lowest BCUT2D eigenvalue weighted by Crippen LogP contribution is -2.31. The van der Waals surface area contributed by atoms with Gasteiger partial charge in [-0.25, -0.2) is 18.1 Å². The molecule has 4 rings (SSSR count). The van der Waals surface area contributed by atoms with Gasteiger partial charge < -0.3 is 5.32 Å². The van der Waals surface area contributed by atoms with E-state index in [4.69, 9.17) is 0 Å². The van der Waals surface area contributed by atoms with Crippen molar-refractivity contribution in [3.63, 3.8) is 0 Å². The fourth-order valence-corrected chi connectivity index (χ4v) is 5.98. The van der Waals surface area contributed by atoms with Crippen LogP contribution in [0, 0.1) is 6.92 Å². The Morgan fingerprint density at radius 1 is 1.03 bits per heavy atom. The zero-order valence-electron chi connectivity index (χ0n) is 17.5. The molecule has 4 aromatic rings. The molecule has 0 aliphatic heterocycles. The standard InChI is InChI=1S/C23H23N3O3S3/c1-16-26-21(15-30-16)22-9-7-19(31-22)10-12-24-23(27)11-13-25-32(28,29)20-8-6-17-4-2-3-5-18(17)14-20/h2-9,14-15,25H,10-13H2,1H3,(H,24,27). The predicted octanol–water partition coefficient (Wildman–Crippen LogP) is 4.36. The number of hydrogen-bond acceptors (Lipinski definition) is 6. The first-order chi connectivity index (χ1) is 15.4. The third-order valence-electron chi connectivity index (χ3n) is 4.90. The minimum absolute atomic E-state index is 0.0489. The molecule has 32 heavy (non-hydrogen) atoms. The van der Waals surface area contributed by atoms with Gasteiger partial charge in [0.05, 0.1) is 20.5 Å². The van der Waals surface area contributed by atoms with Gasteiger partial charge in [-0.15, -0.1) is 22.7 Å². The number of benzene rings is 2. The van der Waals surface area contributed by atoms with Crippen molar-refractivity contribution in [2.24, 2.45) is 0 Å². The normalized spacial score (nSPS) is 11.7. The molecule has 2 N–H and O–H groups in total. The minimum atomic E-state index is -3.67. The fourth-order valence-electron chi connectivity index (χ4n) is 3.26. The van der Waals surface area contributed by atoms with Crippen molar-refractivity contribution in [2.75, 3.05) is 13.1 Å². The van der Waals surface area contributed by atoms with Crippen LogP contribution in [0.5, 0.6) is 0 Å². The molecule has 0 unspecified atom stereocenters. The number of thiophene rings is 1. The maximum Gasteiger partial charge on any atom is 0.240 e. The number of carbonyl (C=O) groups excluding carboxylic acids is 1. The summed E-state index contributed by atoms with van der Waals surface area (Å²) in [5.74, 6) is -0.182. The molecule has 0 radical (unpaired) electrons. The van der Waals surface area contributed by atoms with E-state index in [1.54, 1.807) is 40.9 Å². The number of aromatic nitrogens is 1. The number of thiazole rings is 1. The van der Waals surface area contributed by atoms with Crippen molar-refractivity contribution in [3.05, 3.63) is 69.9 Å². The third-order valence-corrected chi connectivity index (χ3v) is 8.30. The maximum atomic E-state index is 12.5. The number of amides is 1. The second kappa shape index (κ2) is 9.91. The van der Waals surface area contributed by atoms with E-state index < -0.39 is 10.0 Å². The monoisotopic (exact) mass is 485 g/mol. The van der Waals surface area contributed by atoms with Crippen LogP contribution in [0.15, 0.2) is 64.9 Å². The molecule has 0 fully saturated rings. The Morgan fingerprint density at radius 2 is 1.84 bits per heavy atom. The molecular formula is C23H23N3O3S3. The zero-order chi connectivity index (χ0) is 22.6. The summed E-state index contributed by atoms with van der Waals surface area (Å²) < 4.78 is 27.6. The van der Waals surface area contributed by atoms with E-state index >= 15 is 0 Å².